The normalized spacial score (nSPS) is 14.8. The number of aryl methyl sites for hydroxylation is 1. The van der Waals surface area contributed by atoms with Crippen molar-refractivity contribution in [3.63, 3.8) is 0 Å². The van der Waals surface area contributed by atoms with Crippen LogP contribution in [0.3, 0.4) is 0 Å². The first-order chi connectivity index (χ1) is 14.0. The number of H-pyrrole nitrogens is 1. The molecule has 0 spiro atoms. The largest absolute Gasteiger partial charge is 0.360 e. The highest BCUT2D eigenvalue weighted by molar-refractivity contribution is 5.95. The molecule has 0 fully saturated rings. The maximum absolute atomic E-state index is 12.6. The number of carbonyl (C=O) groups is 1. The van der Waals surface area contributed by atoms with E-state index in [-0.39, 0.29) is 5.91 Å². The molecule has 2 aromatic carbocycles. The molecule has 0 bridgehead atoms. The van der Waals surface area contributed by atoms with Crippen molar-refractivity contribution in [2.24, 2.45) is 0 Å². The van der Waals surface area contributed by atoms with Crippen LogP contribution in [0, 0.1) is 6.92 Å². The Kier molecular flexibility index (Phi) is 5.39. The van der Waals surface area contributed by atoms with Gasteiger partial charge in [0, 0.05) is 41.8 Å². The van der Waals surface area contributed by atoms with Gasteiger partial charge in [-0.05, 0) is 47.6 Å². The minimum Gasteiger partial charge on any atom is -0.360 e. The summed E-state index contributed by atoms with van der Waals surface area (Å²) < 4.78 is 0. The highest BCUT2D eigenvalue weighted by Gasteiger charge is 2.18. The fourth-order valence-corrected chi connectivity index (χ4v) is 3.95. The van der Waals surface area contributed by atoms with Crippen molar-refractivity contribution in [1.82, 2.24) is 9.88 Å². The minimum absolute atomic E-state index is 0.0722. The van der Waals surface area contributed by atoms with Crippen LogP contribution in [0.25, 0.3) is 22.6 Å². The summed E-state index contributed by atoms with van der Waals surface area (Å²) in [4.78, 5) is 17.9. The number of amides is 1. The first-order valence-corrected chi connectivity index (χ1v) is 10.4. The van der Waals surface area contributed by atoms with Gasteiger partial charge in [-0.25, -0.2) is 0 Å². The number of rotatable bonds is 4. The predicted octanol–water partition coefficient (Wildman–Crippen LogP) is 5.93. The SMILES string of the molecule is Cc1cccc2c(C3=CCN(C(=O)/C=C/c4ccc(C(C)C)cc4)CC3)c[nH]c12. The molecule has 29 heavy (non-hydrogen) atoms. The first-order valence-electron chi connectivity index (χ1n) is 10.4. The zero-order valence-corrected chi connectivity index (χ0v) is 17.4. The van der Waals surface area contributed by atoms with Gasteiger partial charge in [0.2, 0.25) is 5.91 Å². The fraction of sp³-hybridized carbons (Fsp3) is 0.269. The van der Waals surface area contributed by atoms with Crippen LogP contribution >= 0.6 is 0 Å². The average molecular weight is 385 g/mol. The maximum Gasteiger partial charge on any atom is 0.246 e. The molecule has 0 aliphatic carbocycles. The summed E-state index contributed by atoms with van der Waals surface area (Å²) in [5.41, 5.74) is 7.41. The smallest absolute Gasteiger partial charge is 0.246 e. The van der Waals surface area contributed by atoms with Crippen LogP contribution in [-0.4, -0.2) is 28.9 Å². The van der Waals surface area contributed by atoms with Crippen molar-refractivity contribution < 1.29 is 4.79 Å². The Morgan fingerprint density at radius 2 is 1.93 bits per heavy atom. The van der Waals surface area contributed by atoms with Gasteiger partial charge in [0.15, 0.2) is 0 Å². The van der Waals surface area contributed by atoms with E-state index in [4.69, 9.17) is 0 Å². The predicted molar refractivity (Wildman–Crippen MR) is 122 cm³/mol. The molecule has 0 radical (unpaired) electrons. The highest BCUT2D eigenvalue weighted by Crippen LogP contribution is 2.30. The summed E-state index contributed by atoms with van der Waals surface area (Å²) in [6.45, 7) is 7.90. The number of nitrogens with one attached hydrogen (secondary N) is 1. The maximum atomic E-state index is 12.6. The van der Waals surface area contributed by atoms with E-state index >= 15 is 0 Å². The number of para-hydroxylation sites is 1. The van der Waals surface area contributed by atoms with Gasteiger partial charge in [0.25, 0.3) is 0 Å². The summed E-state index contributed by atoms with van der Waals surface area (Å²) in [6, 6.07) is 14.8. The number of carbonyl (C=O) groups excluding carboxylic acids is 1. The number of nitrogens with zero attached hydrogens (tertiary/aromatic N) is 1. The third kappa shape index (κ3) is 4.04. The molecule has 1 aliphatic rings. The van der Waals surface area contributed by atoms with Gasteiger partial charge in [-0.15, -0.1) is 0 Å². The van der Waals surface area contributed by atoms with Crippen LogP contribution in [0.1, 0.15) is 48.4 Å². The van der Waals surface area contributed by atoms with Crippen LogP contribution in [0.15, 0.2) is 60.8 Å². The van der Waals surface area contributed by atoms with Crippen molar-refractivity contribution in [2.45, 2.75) is 33.1 Å². The minimum atomic E-state index is 0.0722. The summed E-state index contributed by atoms with van der Waals surface area (Å²) >= 11 is 0. The number of hydrogen-bond acceptors (Lipinski definition) is 1. The highest BCUT2D eigenvalue weighted by atomic mass is 16.2. The molecule has 1 aromatic heterocycles. The molecule has 1 aliphatic heterocycles. The Balaban J connectivity index is 1.43. The van der Waals surface area contributed by atoms with Crippen LogP contribution in [-0.2, 0) is 4.79 Å². The van der Waals surface area contributed by atoms with Gasteiger partial charge in [-0.2, -0.15) is 0 Å². The molecule has 0 atom stereocenters. The number of aromatic amines is 1. The van der Waals surface area contributed by atoms with E-state index in [2.05, 4.69) is 80.5 Å². The Bertz CT molecular complexity index is 1080. The van der Waals surface area contributed by atoms with Gasteiger partial charge >= 0.3 is 0 Å². The Morgan fingerprint density at radius 3 is 2.62 bits per heavy atom. The molecule has 3 heteroatoms. The van der Waals surface area contributed by atoms with E-state index in [1.807, 2.05) is 11.0 Å². The van der Waals surface area contributed by atoms with E-state index < -0.39 is 0 Å². The second kappa shape index (κ2) is 8.12. The summed E-state index contributed by atoms with van der Waals surface area (Å²) in [7, 11) is 0. The number of fused-ring (bicyclic) bond motifs is 1. The molecule has 2 heterocycles. The van der Waals surface area contributed by atoms with Gasteiger partial charge in [-0.3, -0.25) is 4.79 Å². The lowest BCUT2D eigenvalue weighted by Gasteiger charge is -2.25. The number of benzene rings is 2. The molecule has 3 nitrogen and oxygen atoms in total. The topological polar surface area (TPSA) is 36.1 Å². The Hall–Kier alpha value is -3.07. The van der Waals surface area contributed by atoms with Crippen LogP contribution in [0.2, 0.25) is 0 Å². The summed E-state index contributed by atoms with van der Waals surface area (Å²) in [5, 5.41) is 1.26. The lowest BCUT2D eigenvalue weighted by Crippen LogP contribution is -2.33. The number of aromatic nitrogens is 1. The van der Waals surface area contributed by atoms with Crippen molar-refractivity contribution in [2.75, 3.05) is 13.1 Å². The fourth-order valence-electron chi connectivity index (χ4n) is 3.95. The Labute approximate surface area is 172 Å². The van der Waals surface area contributed by atoms with E-state index in [0.717, 1.165) is 18.5 Å². The van der Waals surface area contributed by atoms with Gasteiger partial charge in [0.05, 0.1) is 0 Å². The lowest BCUT2D eigenvalue weighted by molar-refractivity contribution is -0.125. The lowest BCUT2D eigenvalue weighted by atomic mass is 9.98. The molecule has 1 amide bonds. The van der Waals surface area contributed by atoms with E-state index in [9.17, 15) is 4.79 Å². The van der Waals surface area contributed by atoms with E-state index in [1.165, 1.54) is 33.2 Å². The van der Waals surface area contributed by atoms with Crippen molar-refractivity contribution >= 4 is 28.5 Å². The van der Waals surface area contributed by atoms with Gasteiger partial charge < -0.3 is 9.88 Å². The first kappa shape index (κ1) is 19.3. The van der Waals surface area contributed by atoms with Crippen LogP contribution < -0.4 is 0 Å². The molecule has 4 rings (SSSR count). The van der Waals surface area contributed by atoms with Crippen LogP contribution in [0.4, 0.5) is 0 Å². The standard InChI is InChI=1S/C26H28N2O/c1-18(2)21-10-7-20(8-11-21)9-12-25(29)28-15-13-22(14-16-28)24-17-27-26-19(3)5-4-6-23(24)26/h4-13,17-18,27H,14-16H2,1-3H3/b12-9+. The number of hydrogen-bond donors (Lipinski definition) is 1. The molecular formula is C26H28N2O. The molecule has 1 N–H and O–H groups in total. The molecule has 3 aromatic rings. The second-order valence-electron chi connectivity index (χ2n) is 8.12. The zero-order chi connectivity index (χ0) is 20.4. The van der Waals surface area contributed by atoms with E-state index in [0.29, 0.717) is 12.5 Å². The average Bonchev–Trinajstić information content (AvgIpc) is 3.18. The zero-order valence-electron chi connectivity index (χ0n) is 17.4. The second-order valence-corrected chi connectivity index (χ2v) is 8.12. The van der Waals surface area contributed by atoms with Crippen molar-refractivity contribution in [1.29, 1.82) is 0 Å². The van der Waals surface area contributed by atoms with Crippen molar-refractivity contribution in [3.05, 3.63) is 83.1 Å². The summed E-state index contributed by atoms with van der Waals surface area (Å²) in [5.74, 6) is 0.591. The molecule has 0 saturated carbocycles. The molecule has 0 unspecified atom stereocenters. The third-order valence-electron chi connectivity index (χ3n) is 5.81. The van der Waals surface area contributed by atoms with Gasteiger partial charge in [-0.1, -0.05) is 62.4 Å². The molecular weight excluding hydrogens is 356 g/mol. The molecule has 148 valence electrons. The summed E-state index contributed by atoms with van der Waals surface area (Å²) in [6.07, 6.45) is 8.77. The van der Waals surface area contributed by atoms with E-state index in [1.54, 1.807) is 6.08 Å². The third-order valence-corrected chi connectivity index (χ3v) is 5.81. The van der Waals surface area contributed by atoms with Gasteiger partial charge in [0.1, 0.15) is 0 Å². The van der Waals surface area contributed by atoms with Crippen LogP contribution in [0.5, 0.6) is 0 Å². The quantitative estimate of drug-likeness (QED) is 0.556. The monoisotopic (exact) mass is 384 g/mol. The van der Waals surface area contributed by atoms with Crippen molar-refractivity contribution in [3.8, 4) is 0 Å². The Morgan fingerprint density at radius 1 is 1.14 bits per heavy atom. The molecule has 0 saturated heterocycles.